The number of benzene rings is 3. The van der Waals surface area contributed by atoms with E-state index in [1.165, 1.54) is 29.2 Å². The highest BCUT2D eigenvalue weighted by Crippen LogP contribution is 2.37. The Bertz CT molecular complexity index is 1950. The molecular weight excluding hydrogens is 684 g/mol. The second-order valence-electron chi connectivity index (χ2n) is 9.69. The molecule has 0 aliphatic carbocycles. The van der Waals surface area contributed by atoms with Crippen molar-refractivity contribution in [3.8, 4) is 23.0 Å². The molecule has 1 aliphatic heterocycles. The summed E-state index contributed by atoms with van der Waals surface area (Å²) in [7, 11) is 2.84. The summed E-state index contributed by atoms with van der Waals surface area (Å²) in [6.45, 7) is 4.84. The van der Waals surface area contributed by atoms with Crippen molar-refractivity contribution in [3.05, 3.63) is 112 Å². The van der Waals surface area contributed by atoms with Gasteiger partial charge in [-0.3, -0.25) is 9.36 Å². The van der Waals surface area contributed by atoms with Crippen molar-refractivity contribution in [3.63, 3.8) is 0 Å². The van der Waals surface area contributed by atoms with Crippen LogP contribution in [0.2, 0.25) is 5.02 Å². The molecule has 0 spiro atoms. The Morgan fingerprint density at radius 2 is 1.80 bits per heavy atom. The number of hydrogen-bond acceptors (Lipinski definition) is 9. The Morgan fingerprint density at radius 3 is 2.51 bits per heavy atom. The van der Waals surface area contributed by atoms with Crippen molar-refractivity contribution in [2.45, 2.75) is 26.5 Å². The van der Waals surface area contributed by atoms with E-state index in [1.807, 2.05) is 38.1 Å². The minimum absolute atomic E-state index is 0.206. The summed E-state index contributed by atoms with van der Waals surface area (Å²) in [6, 6.07) is 15.5. The molecular formula is C33H30BrClN2O7S. The van der Waals surface area contributed by atoms with Gasteiger partial charge in [-0.05, 0) is 67.4 Å². The lowest BCUT2D eigenvalue weighted by atomic mass is 9.97. The van der Waals surface area contributed by atoms with E-state index in [2.05, 4.69) is 20.9 Å². The van der Waals surface area contributed by atoms with Gasteiger partial charge in [0.15, 0.2) is 27.8 Å². The van der Waals surface area contributed by atoms with Crippen LogP contribution in [-0.4, -0.2) is 38.0 Å². The molecule has 0 unspecified atom stereocenters. The number of methoxy groups -OCH3 is 2. The maximum absolute atomic E-state index is 14.2. The van der Waals surface area contributed by atoms with Crippen LogP contribution in [0.1, 0.15) is 36.6 Å². The lowest BCUT2D eigenvalue weighted by molar-refractivity contribution is -0.136. The fraction of sp³-hybridized carbons (Fsp3) is 0.242. The average Bonchev–Trinajstić information content (AvgIpc) is 3.35. The maximum atomic E-state index is 14.2. The molecule has 0 fully saturated rings. The van der Waals surface area contributed by atoms with Gasteiger partial charge in [0.05, 0.1) is 43.6 Å². The SMILES string of the molecule is CCOc1ccc([C@@H]2C(C(=O)OC)=CN=c3s/c(=C/c4cc(Br)cc(OC)c4OCc4cccc(Cl)c4)c(=O)n32)cc1OCC. The van der Waals surface area contributed by atoms with Crippen LogP contribution in [0.4, 0.5) is 0 Å². The third-order valence-corrected chi connectivity index (χ3v) is 8.53. The van der Waals surface area contributed by atoms with Crippen molar-refractivity contribution in [1.82, 2.24) is 4.57 Å². The van der Waals surface area contributed by atoms with Crippen LogP contribution in [0.3, 0.4) is 0 Å². The third kappa shape index (κ3) is 6.95. The number of carbonyl (C=O) groups excluding carboxylic acids is 1. The Balaban J connectivity index is 1.64. The van der Waals surface area contributed by atoms with E-state index in [1.54, 1.807) is 43.5 Å². The van der Waals surface area contributed by atoms with E-state index in [0.717, 1.165) is 10.0 Å². The molecule has 0 amide bonds. The Kier molecular flexibility index (Phi) is 10.3. The van der Waals surface area contributed by atoms with Crippen molar-refractivity contribution in [2.75, 3.05) is 27.4 Å². The summed E-state index contributed by atoms with van der Waals surface area (Å²) in [5.74, 6) is 1.40. The van der Waals surface area contributed by atoms with Crippen LogP contribution >= 0.6 is 38.9 Å². The van der Waals surface area contributed by atoms with Crippen LogP contribution in [-0.2, 0) is 16.1 Å². The fourth-order valence-electron chi connectivity index (χ4n) is 4.91. The van der Waals surface area contributed by atoms with Gasteiger partial charge >= 0.3 is 5.97 Å². The molecule has 5 rings (SSSR count). The molecule has 12 heteroatoms. The number of halogens is 2. The van der Waals surface area contributed by atoms with Gasteiger partial charge in [-0.25, -0.2) is 9.79 Å². The standard InChI is InChI=1S/C33H30BrClN2O7S/c1-5-42-25-11-10-20(14-26(25)43-6-2)29-24(32(39)41-4)17-36-33-37(29)31(38)28(45-33)15-21-13-22(34)16-27(40-3)30(21)44-18-19-8-7-9-23(35)12-19/h7-17,29H,5-6,18H2,1-4H3/b28-15+/t29-/m1/s1. The summed E-state index contributed by atoms with van der Waals surface area (Å²) in [4.78, 5) is 32.0. The number of rotatable bonds is 11. The molecule has 0 N–H and O–H groups in total. The predicted molar refractivity (Wildman–Crippen MR) is 176 cm³/mol. The van der Waals surface area contributed by atoms with E-state index >= 15 is 0 Å². The van der Waals surface area contributed by atoms with Gasteiger partial charge in [0.2, 0.25) is 0 Å². The van der Waals surface area contributed by atoms with E-state index in [-0.39, 0.29) is 17.7 Å². The highest BCUT2D eigenvalue weighted by atomic mass is 79.9. The number of aromatic nitrogens is 1. The predicted octanol–water partition coefficient (Wildman–Crippen LogP) is 5.82. The minimum atomic E-state index is -0.818. The van der Waals surface area contributed by atoms with E-state index < -0.39 is 12.0 Å². The van der Waals surface area contributed by atoms with Crippen LogP contribution < -0.4 is 33.8 Å². The highest BCUT2D eigenvalue weighted by molar-refractivity contribution is 9.10. The molecule has 3 aromatic carbocycles. The molecule has 0 radical (unpaired) electrons. The Morgan fingerprint density at radius 1 is 1.02 bits per heavy atom. The van der Waals surface area contributed by atoms with Gasteiger partial charge in [0, 0.05) is 21.3 Å². The summed E-state index contributed by atoms with van der Waals surface area (Å²) >= 11 is 10.9. The summed E-state index contributed by atoms with van der Waals surface area (Å²) in [5.41, 5.74) is 1.98. The van der Waals surface area contributed by atoms with Gasteiger partial charge in [-0.2, -0.15) is 0 Å². The zero-order valence-electron chi connectivity index (χ0n) is 25.0. The van der Waals surface area contributed by atoms with Crippen molar-refractivity contribution < 1.29 is 28.5 Å². The van der Waals surface area contributed by atoms with E-state index in [4.69, 9.17) is 35.3 Å². The van der Waals surface area contributed by atoms with Crippen LogP contribution in [0.25, 0.3) is 6.08 Å². The van der Waals surface area contributed by atoms with E-state index in [0.29, 0.717) is 61.7 Å². The molecule has 234 valence electrons. The normalized spacial score (nSPS) is 14.2. The molecule has 0 saturated heterocycles. The molecule has 9 nitrogen and oxygen atoms in total. The minimum Gasteiger partial charge on any atom is -0.493 e. The average molecular weight is 714 g/mol. The maximum Gasteiger partial charge on any atom is 0.337 e. The first-order valence-electron chi connectivity index (χ1n) is 14.0. The molecule has 1 aromatic heterocycles. The van der Waals surface area contributed by atoms with Gasteiger partial charge in [-0.15, -0.1) is 0 Å². The number of fused-ring (bicyclic) bond motifs is 1. The van der Waals surface area contributed by atoms with Crippen LogP contribution in [0, 0.1) is 0 Å². The van der Waals surface area contributed by atoms with Gasteiger partial charge in [-0.1, -0.05) is 57.1 Å². The molecule has 0 bridgehead atoms. The van der Waals surface area contributed by atoms with Crippen LogP contribution in [0.5, 0.6) is 23.0 Å². The molecule has 1 aliphatic rings. The first-order valence-corrected chi connectivity index (χ1v) is 16.0. The zero-order chi connectivity index (χ0) is 32.1. The number of nitrogens with zero attached hydrogens (tertiary/aromatic N) is 2. The van der Waals surface area contributed by atoms with Crippen molar-refractivity contribution in [1.29, 1.82) is 0 Å². The van der Waals surface area contributed by atoms with E-state index in [9.17, 15) is 9.59 Å². The lowest BCUT2D eigenvalue weighted by Gasteiger charge is -2.23. The summed E-state index contributed by atoms with van der Waals surface area (Å²) in [6.07, 6.45) is 3.18. The summed E-state index contributed by atoms with van der Waals surface area (Å²) < 4.78 is 31.1. The van der Waals surface area contributed by atoms with Crippen LogP contribution in [0.15, 0.2) is 80.6 Å². The number of thiazole rings is 1. The second kappa shape index (κ2) is 14.4. The number of carbonyl (C=O) groups is 1. The topological polar surface area (TPSA) is 97.6 Å². The molecule has 4 aromatic rings. The largest absolute Gasteiger partial charge is 0.493 e. The Labute approximate surface area is 277 Å². The van der Waals surface area contributed by atoms with Crippen molar-refractivity contribution >= 4 is 50.9 Å². The second-order valence-corrected chi connectivity index (χ2v) is 12.1. The summed E-state index contributed by atoms with van der Waals surface area (Å²) in [5, 5.41) is 0.599. The number of ether oxygens (including phenoxy) is 5. The van der Waals surface area contributed by atoms with Crippen molar-refractivity contribution in [2.24, 2.45) is 4.99 Å². The smallest absolute Gasteiger partial charge is 0.337 e. The Hall–Kier alpha value is -4.06. The molecule has 2 heterocycles. The lowest BCUT2D eigenvalue weighted by Crippen LogP contribution is -2.39. The van der Waals surface area contributed by atoms with Gasteiger partial charge in [0.1, 0.15) is 6.61 Å². The monoisotopic (exact) mass is 712 g/mol. The highest BCUT2D eigenvalue weighted by Gasteiger charge is 2.31. The number of esters is 1. The quantitative estimate of drug-likeness (QED) is 0.181. The number of hydrogen-bond donors (Lipinski definition) is 0. The fourth-order valence-corrected chi connectivity index (χ4v) is 6.54. The van der Waals surface area contributed by atoms with Gasteiger partial charge < -0.3 is 23.7 Å². The van der Waals surface area contributed by atoms with Gasteiger partial charge in [0.25, 0.3) is 5.56 Å². The molecule has 0 saturated carbocycles. The first kappa shape index (κ1) is 32.3. The molecule has 45 heavy (non-hydrogen) atoms. The third-order valence-electron chi connectivity index (χ3n) is 6.84. The zero-order valence-corrected chi connectivity index (χ0v) is 28.1. The first-order chi connectivity index (χ1) is 21.8. The molecule has 1 atom stereocenters.